The zero-order valence-corrected chi connectivity index (χ0v) is 9.61. The summed E-state index contributed by atoms with van der Waals surface area (Å²) in [7, 11) is 0. The molecule has 1 aromatic carbocycles. The Balaban J connectivity index is 1.84. The van der Waals surface area contributed by atoms with Crippen LogP contribution >= 0.6 is 0 Å². The van der Waals surface area contributed by atoms with Crippen LogP contribution in [0.1, 0.15) is 37.7 Å². The first kappa shape index (κ1) is 11.2. The van der Waals surface area contributed by atoms with Crippen LogP contribution in [0, 0.1) is 5.92 Å². The summed E-state index contributed by atoms with van der Waals surface area (Å²) in [5, 5.41) is 0. The Morgan fingerprint density at radius 3 is 2.44 bits per heavy atom. The van der Waals surface area contributed by atoms with Gasteiger partial charge in [0.25, 0.3) is 0 Å². The average molecular weight is 217 g/mol. The van der Waals surface area contributed by atoms with Crippen molar-refractivity contribution in [2.45, 2.75) is 38.5 Å². The molecule has 1 aliphatic rings. The predicted molar refractivity (Wildman–Crippen MR) is 66.1 cm³/mol. The quantitative estimate of drug-likeness (QED) is 0.788. The Kier molecular flexibility index (Phi) is 3.60. The molecule has 1 fully saturated rings. The predicted octanol–water partition coefficient (Wildman–Crippen LogP) is 2.96. The van der Waals surface area contributed by atoms with Gasteiger partial charge in [-0.15, -0.1) is 0 Å². The maximum atomic E-state index is 11.8. The van der Waals surface area contributed by atoms with E-state index in [2.05, 4.69) is 0 Å². The van der Waals surface area contributed by atoms with E-state index in [1.807, 2.05) is 24.3 Å². The molecule has 2 N–H and O–H groups in total. The van der Waals surface area contributed by atoms with Crippen LogP contribution in [-0.2, 0) is 11.2 Å². The largest absolute Gasteiger partial charge is 0.399 e. The molecule has 0 aliphatic heterocycles. The number of carbonyl (C=O) groups is 1. The molecule has 0 saturated heterocycles. The third kappa shape index (κ3) is 3.09. The van der Waals surface area contributed by atoms with Gasteiger partial charge in [-0.1, -0.05) is 37.8 Å². The van der Waals surface area contributed by atoms with E-state index in [1.54, 1.807) is 0 Å². The van der Waals surface area contributed by atoms with E-state index in [1.165, 1.54) is 25.7 Å². The lowest BCUT2D eigenvalue weighted by Crippen LogP contribution is -2.08. The molecule has 2 heteroatoms. The molecular weight excluding hydrogens is 198 g/mol. The van der Waals surface area contributed by atoms with Crippen molar-refractivity contribution in [1.29, 1.82) is 0 Å². The van der Waals surface area contributed by atoms with E-state index in [4.69, 9.17) is 5.73 Å². The molecule has 0 amide bonds. The average Bonchev–Trinajstić information content (AvgIpc) is 2.74. The third-order valence-corrected chi connectivity index (χ3v) is 3.37. The first-order valence-electron chi connectivity index (χ1n) is 6.10. The summed E-state index contributed by atoms with van der Waals surface area (Å²) in [4.78, 5) is 11.8. The highest BCUT2D eigenvalue weighted by molar-refractivity contribution is 5.81. The molecule has 0 bridgehead atoms. The Hall–Kier alpha value is -1.31. The van der Waals surface area contributed by atoms with Gasteiger partial charge in [-0.3, -0.25) is 4.79 Å². The van der Waals surface area contributed by atoms with Gasteiger partial charge >= 0.3 is 0 Å². The van der Waals surface area contributed by atoms with Gasteiger partial charge in [0.1, 0.15) is 5.78 Å². The van der Waals surface area contributed by atoms with Crippen LogP contribution in [0.25, 0.3) is 0 Å². The van der Waals surface area contributed by atoms with Gasteiger partial charge < -0.3 is 5.73 Å². The summed E-state index contributed by atoms with van der Waals surface area (Å²) < 4.78 is 0. The molecule has 0 heterocycles. The molecule has 2 rings (SSSR count). The van der Waals surface area contributed by atoms with Crippen molar-refractivity contribution in [2.24, 2.45) is 5.92 Å². The Morgan fingerprint density at radius 1 is 1.19 bits per heavy atom. The highest BCUT2D eigenvalue weighted by Crippen LogP contribution is 2.28. The van der Waals surface area contributed by atoms with Gasteiger partial charge in [0, 0.05) is 18.5 Å². The second-order valence-electron chi connectivity index (χ2n) is 4.81. The summed E-state index contributed by atoms with van der Waals surface area (Å²) in [5.74, 6) is 1.03. The zero-order chi connectivity index (χ0) is 11.4. The van der Waals surface area contributed by atoms with Crippen molar-refractivity contribution >= 4 is 11.5 Å². The summed E-state index contributed by atoms with van der Waals surface area (Å²) in [6.07, 6.45) is 6.43. The molecule has 86 valence electrons. The van der Waals surface area contributed by atoms with Crippen LogP contribution in [0.4, 0.5) is 5.69 Å². The smallest absolute Gasteiger partial charge is 0.137 e. The van der Waals surface area contributed by atoms with E-state index < -0.39 is 0 Å². The van der Waals surface area contributed by atoms with Crippen molar-refractivity contribution < 1.29 is 4.79 Å². The highest BCUT2D eigenvalue weighted by atomic mass is 16.1. The van der Waals surface area contributed by atoms with Crippen molar-refractivity contribution in [3.05, 3.63) is 29.8 Å². The number of hydrogen-bond donors (Lipinski definition) is 1. The third-order valence-electron chi connectivity index (χ3n) is 3.37. The lowest BCUT2D eigenvalue weighted by molar-refractivity contribution is -0.119. The van der Waals surface area contributed by atoms with E-state index in [0.717, 1.165) is 17.7 Å². The van der Waals surface area contributed by atoms with Crippen molar-refractivity contribution in [3.63, 3.8) is 0 Å². The number of hydrogen-bond acceptors (Lipinski definition) is 2. The van der Waals surface area contributed by atoms with Crippen LogP contribution in [-0.4, -0.2) is 5.78 Å². The lowest BCUT2D eigenvalue weighted by Gasteiger charge is -2.07. The molecule has 0 atom stereocenters. The second kappa shape index (κ2) is 5.15. The minimum Gasteiger partial charge on any atom is -0.399 e. The van der Waals surface area contributed by atoms with Crippen molar-refractivity contribution in [1.82, 2.24) is 0 Å². The molecule has 0 aromatic heterocycles. The van der Waals surface area contributed by atoms with Crippen molar-refractivity contribution in [3.8, 4) is 0 Å². The number of benzene rings is 1. The van der Waals surface area contributed by atoms with Gasteiger partial charge in [0.2, 0.25) is 0 Å². The molecular formula is C14H19NO. The normalized spacial score (nSPS) is 16.5. The number of nitrogen functional groups attached to an aromatic ring is 1. The first-order valence-corrected chi connectivity index (χ1v) is 6.10. The van der Waals surface area contributed by atoms with Crippen LogP contribution in [0.3, 0.4) is 0 Å². The summed E-state index contributed by atoms with van der Waals surface area (Å²) >= 11 is 0. The van der Waals surface area contributed by atoms with Crippen LogP contribution < -0.4 is 5.73 Å². The first-order chi connectivity index (χ1) is 7.74. The minimum absolute atomic E-state index is 0.372. The molecule has 0 spiro atoms. The van der Waals surface area contributed by atoms with Gasteiger partial charge in [-0.2, -0.15) is 0 Å². The molecule has 16 heavy (non-hydrogen) atoms. The Labute approximate surface area is 96.8 Å². The highest BCUT2D eigenvalue weighted by Gasteiger charge is 2.18. The molecule has 0 radical (unpaired) electrons. The monoisotopic (exact) mass is 217 g/mol. The van der Waals surface area contributed by atoms with Crippen LogP contribution in [0.15, 0.2) is 24.3 Å². The van der Waals surface area contributed by atoms with Crippen molar-refractivity contribution in [2.75, 3.05) is 5.73 Å². The second-order valence-corrected chi connectivity index (χ2v) is 4.81. The standard InChI is InChI=1S/C14H19NO/c15-13-7-5-12(6-8-13)10-14(16)9-11-3-1-2-4-11/h5-8,11H,1-4,9-10,15H2. The molecule has 2 nitrogen and oxygen atoms in total. The van der Waals surface area contributed by atoms with E-state index in [0.29, 0.717) is 18.1 Å². The molecule has 1 saturated carbocycles. The summed E-state index contributed by atoms with van der Waals surface area (Å²) in [5.41, 5.74) is 7.44. The molecule has 1 aliphatic carbocycles. The van der Waals surface area contributed by atoms with E-state index in [9.17, 15) is 4.79 Å². The Morgan fingerprint density at radius 2 is 1.81 bits per heavy atom. The lowest BCUT2D eigenvalue weighted by atomic mass is 9.97. The number of Topliss-reactive ketones (excluding diaryl/α,β-unsaturated/α-hetero) is 1. The fourth-order valence-electron chi connectivity index (χ4n) is 2.47. The fourth-order valence-corrected chi connectivity index (χ4v) is 2.47. The fraction of sp³-hybridized carbons (Fsp3) is 0.500. The number of carbonyl (C=O) groups excluding carboxylic acids is 1. The number of anilines is 1. The SMILES string of the molecule is Nc1ccc(CC(=O)CC2CCCC2)cc1. The van der Waals surface area contributed by atoms with Crippen LogP contribution in [0.2, 0.25) is 0 Å². The summed E-state index contributed by atoms with van der Waals surface area (Å²) in [6, 6.07) is 7.61. The minimum atomic E-state index is 0.372. The number of rotatable bonds is 4. The van der Waals surface area contributed by atoms with Gasteiger partial charge in [0.15, 0.2) is 0 Å². The Bertz CT molecular complexity index is 350. The maximum absolute atomic E-state index is 11.8. The maximum Gasteiger partial charge on any atom is 0.137 e. The van der Waals surface area contributed by atoms with E-state index in [-0.39, 0.29) is 0 Å². The number of ketones is 1. The van der Waals surface area contributed by atoms with Crippen LogP contribution in [0.5, 0.6) is 0 Å². The van der Waals surface area contributed by atoms with Gasteiger partial charge in [0.05, 0.1) is 0 Å². The van der Waals surface area contributed by atoms with Gasteiger partial charge in [-0.05, 0) is 23.6 Å². The number of nitrogens with two attached hydrogens (primary N) is 1. The zero-order valence-electron chi connectivity index (χ0n) is 9.61. The topological polar surface area (TPSA) is 43.1 Å². The molecule has 1 aromatic rings. The summed E-state index contributed by atoms with van der Waals surface area (Å²) in [6.45, 7) is 0. The van der Waals surface area contributed by atoms with Gasteiger partial charge in [-0.25, -0.2) is 0 Å². The molecule has 0 unspecified atom stereocenters. The van der Waals surface area contributed by atoms with E-state index >= 15 is 0 Å².